The molecule has 0 aliphatic carbocycles. The van der Waals surface area contributed by atoms with Gasteiger partial charge in [0, 0.05) is 19.3 Å². The molecule has 76 heavy (non-hydrogen) atoms. The zero-order valence-electron chi connectivity index (χ0n) is 51.0. The van der Waals surface area contributed by atoms with Crippen LogP contribution in [0.15, 0.2) is 48.6 Å². The lowest BCUT2D eigenvalue weighted by molar-refractivity contribution is -0.167. The molecule has 0 aromatic carbocycles. The third-order valence-corrected chi connectivity index (χ3v) is 15.1. The third kappa shape index (κ3) is 62.2. The monoisotopic (exact) mass is 1060 g/mol. The summed E-state index contributed by atoms with van der Waals surface area (Å²) in [5, 5.41) is 0. The highest BCUT2D eigenvalue weighted by molar-refractivity contribution is 5.71. The molecule has 0 bridgehead atoms. The van der Waals surface area contributed by atoms with Gasteiger partial charge in [-0.05, 0) is 77.0 Å². The molecule has 0 rings (SSSR count). The molecule has 0 heterocycles. The van der Waals surface area contributed by atoms with Crippen molar-refractivity contribution in [3.05, 3.63) is 48.6 Å². The molecule has 6 heteroatoms. The molecule has 0 aromatic rings. The fraction of sp³-hybridized carbons (Fsp3) is 0.843. The van der Waals surface area contributed by atoms with Crippen LogP contribution < -0.4 is 0 Å². The van der Waals surface area contributed by atoms with Crippen LogP contribution >= 0.6 is 0 Å². The van der Waals surface area contributed by atoms with Crippen molar-refractivity contribution < 1.29 is 28.6 Å². The maximum absolute atomic E-state index is 12.9. The van der Waals surface area contributed by atoms with Gasteiger partial charge < -0.3 is 14.2 Å². The van der Waals surface area contributed by atoms with Gasteiger partial charge in [-0.3, -0.25) is 14.4 Å². The number of allylic oxidation sites excluding steroid dienone is 8. The zero-order valence-corrected chi connectivity index (χ0v) is 51.0. The fourth-order valence-corrected chi connectivity index (χ4v) is 10.0. The van der Waals surface area contributed by atoms with E-state index in [-0.39, 0.29) is 31.1 Å². The average Bonchev–Trinajstić information content (AvgIpc) is 3.42. The lowest BCUT2D eigenvalue weighted by atomic mass is 10.0. The molecule has 0 amide bonds. The largest absolute Gasteiger partial charge is 0.462 e. The van der Waals surface area contributed by atoms with Crippen molar-refractivity contribution in [3.8, 4) is 0 Å². The summed E-state index contributed by atoms with van der Waals surface area (Å²) in [6, 6.07) is 0. The van der Waals surface area contributed by atoms with E-state index in [1.807, 2.05) is 0 Å². The Bertz CT molecular complexity index is 1310. The van der Waals surface area contributed by atoms with Gasteiger partial charge in [0.25, 0.3) is 0 Å². The molecular formula is C70H128O6. The first-order chi connectivity index (χ1) is 37.5. The van der Waals surface area contributed by atoms with Crippen LogP contribution in [-0.4, -0.2) is 37.2 Å². The van der Waals surface area contributed by atoms with Crippen molar-refractivity contribution in [2.75, 3.05) is 13.2 Å². The number of rotatable bonds is 62. The van der Waals surface area contributed by atoms with Gasteiger partial charge >= 0.3 is 17.9 Å². The number of esters is 3. The molecule has 0 aliphatic rings. The molecule has 1 unspecified atom stereocenters. The lowest BCUT2D eigenvalue weighted by Gasteiger charge is -2.18. The number of hydrogen-bond acceptors (Lipinski definition) is 6. The number of carbonyl (C=O) groups excluding carboxylic acids is 3. The summed E-state index contributed by atoms with van der Waals surface area (Å²) < 4.78 is 17.0. The van der Waals surface area contributed by atoms with Crippen molar-refractivity contribution in [1.82, 2.24) is 0 Å². The predicted molar refractivity (Wildman–Crippen MR) is 330 cm³/mol. The van der Waals surface area contributed by atoms with Crippen LogP contribution in [0, 0.1) is 0 Å². The van der Waals surface area contributed by atoms with Crippen LogP contribution in [0.5, 0.6) is 0 Å². The van der Waals surface area contributed by atoms with Gasteiger partial charge in [0.05, 0.1) is 0 Å². The first-order valence-corrected chi connectivity index (χ1v) is 33.6. The molecule has 444 valence electrons. The van der Waals surface area contributed by atoms with Crippen molar-refractivity contribution in [2.45, 2.75) is 367 Å². The van der Waals surface area contributed by atoms with Crippen molar-refractivity contribution in [1.29, 1.82) is 0 Å². The highest BCUT2D eigenvalue weighted by Gasteiger charge is 2.19. The minimum atomic E-state index is -0.779. The maximum Gasteiger partial charge on any atom is 0.306 e. The molecular weight excluding hydrogens is 937 g/mol. The van der Waals surface area contributed by atoms with Gasteiger partial charge in [-0.25, -0.2) is 0 Å². The van der Waals surface area contributed by atoms with Gasteiger partial charge in [0.15, 0.2) is 6.10 Å². The summed E-state index contributed by atoms with van der Waals surface area (Å²) in [6.07, 6.45) is 81.3. The molecule has 0 radical (unpaired) electrons. The Morgan fingerprint density at radius 1 is 0.276 bits per heavy atom. The second kappa shape index (κ2) is 64.9. The number of carbonyl (C=O) groups is 3. The highest BCUT2D eigenvalue weighted by atomic mass is 16.6. The Kier molecular flexibility index (Phi) is 62.6. The van der Waals surface area contributed by atoms with Crippen molar-refractivity contribution in [2.24, 2.45) is 0 Å². The van der Waals surface area contributed by atoms with Crippen LogP contribution in [-0.2, 0) is 28.6 Å². The minimum absolute atomic E-state index is 0.0741. The molecule has 1 atom stereocenters. The van der Waals surface area contributed by atoms with E-state index in [0.29, 0.717) is 19.3 Å². The normalized spacial score (nSPS) is 12.3. The standard InChI is InChI=1S/C70H128O6/c1-4-7-10-13-16-19-22-25-28-31-33-34-35-36-37-40-42-45-48-51-54-57-60-63-69(72)75-66-67(65-74-68(71)62-59-56-53-50-47-44-41-38-30-27-24-21-18-15-12-9-6-3)76-70(73)64-61-58-55-52-49-46-43-39-32-29-26-23-20-17-14-11-8-5-2/h9,12,18,21,27,29-30,32,67H,4-8,10-11,13-17,19-20,22-26,28,31,33-66H2,1-3H3/b12-9-,21-18-,30-27-,32-29-. The summed E-state index contributed by atoms with van der Waals surface area (Å²) in [5.41, 5.74) is 0. The highest BCUT2D eigenvalue weighted by Crippen LogP contribution is 2.18. The van der Waals surface area contributed by atoms with Crippen LogP contribution in [0.4, 0.5) is 0 Å². The first kappa shape index (κ1) is 73.4. The number of hydrogen-bond donors (Lipinski definition) is 0. The van der Waals surface area contributed by atoms with Crippen LogP contribution in [0.3, 0.4) is 0 Å². The van der Waals surface area contributed by atoms with E-state index in [9.17, 15) is 14.4 Å². The Morgan fingerprint density at radius 3 is 0.816 bits per heavy atom. The van der Waals surface area contributed by atoms with E-state index in [1.54, 1.807) is 0 Å². The van der Waals surface area contributed by atoms with Crippen molar-refractivity contribution in [3.63, 3.8) is 0 Å². The summed E-state index contributed by atoms with van der Waals surface area (Å²) in [6.45, 7) is 6.58. The average molecular weight is 1070 g/mol. The summed E-state index contributed by atoms with van der Waals surface area (Å²) in [7, 11) is 0. The maximum atomic E-state index is 12.9. The van der Waals surface area contributed by atoms with E-state index in [1.165, 1.54) is 238 Å². The quantitative estimate of drug-likeness (QED) is 0.0261. The number of unbranched alkanes of at least 4 members (excludes halogenated alkanes) is 43. The minimum Gasteiger partial charge on any atom is -0.462 e. The summed E-state index contributed by atoms with van der Waals surface area (Å²) >= 11 is 0. The molecule has 0 spiro atoms. The van der Waals surface area contributed by atoms with E-state index < -0.39 is 6.10 Å². The fourth-order valence-electron chi connectivity index (χ4n) is 10.0. The van der Waals surface area contributed by atoms with Gasteiger partial charge in [0.1, 0.15) is 13.2 Å². The summed E-state index contributed by atoms with van der Waals surface area (Å²) in [5.74, 6) is -0.865. The first-order valence-electron chi connectivity index (χ1n) is 33.6. The van der Waals surface area contributed by atoms with Crippen molar-refractivity contribution >= 4 is 17.9 Å². The van der Waals surface area contributed by atoms with Crippen LogP contribution in [0.25, 0.3) is 0 Å². The van der Waals surface area contributed by atoms with E-state index in [4.69, 9.17) is 14.2 Å². The second-order valence-electron chi connectivity index (χ2n) is 22.7. The molecule has 6 nitrogen and oxygen atoms in total. The predicted octanol–water partition coefficient (Wildman–Crippen LogP) is 22.9. The molecule has 0 N–H and O–H groups in total. The Balaban J connectivity index is 4.31. The Morgan fingerprint density at radius 2 is 0.513 bits per heavy atom. The molecule has 0 aromatic heterocycles. The van der Waals surface area contributed by atoms with E-state index in [2.05, 4.69) is 69.4 Å². The van der Waals surface area contributed by atoms with Crippen LogP contribution in [0.1, 0.15) is 361 Å². The molecule has 0 aliphatic heterocycles. The molecule has 0 saturated heterocycles. The molecule has 0 fully saturated rings. The second-order valence-corrected chi connectivity index (χ2v) is 22.7. The topological polar surface area (TPSA) is 78.9 Å². The third-order valence-electron chi connectivity index (χ3n) is 15.1. The Labute approximate surface area is 473 Å². The summed E-state index contributed by atoms with van der Waals surface area (Å²) in [4.78, 5) is 38.4. The van der Waals surface area contributed by atoms with Gasteiger partial charge in [0.2, 0.25) is 0 Å². The van der Waals surface area contributed by atoms with Crippen LogP contribution in [0.2, 0.25) is 0 Å². The number of ether oxygens (including phenoxy) is 3. The van der Waals surface area contributed by atoms with E-state index >= 15 is 0 Å². The van der Waals surface area contributed by atoms with E-state index in [0.717, 1.165) is 83.5 Å². The Hall–Kier alpha value is -2.63. The van der Waals surface area contributed by atoms with Gasteiger partial charge in [-0.2, -0.15) is 0 Å². The SMILES string of the molecule is CC/C=C\C/C=C\C/C=C\CCCCCCCCCC(=O)OCC(COC(=O)CCCCCCCCCCCCCCCCCCCCCCCCC)OC(=O)CCCCCCCCC/C=C\CCCCCCCCC. The van der Waals surface area contributed by atoms with Gasteiger partial charge in [-0.1, -0.05) is 313 Å². The zero-order chi connectivity index (χ0) is 55.0. The van der Waals surface area contributed by atoms with Gasteiger partial charge in [-0.15, -0.1) is 0 Å². The lowest BCUT2D eigenvalue weighted by Crippen LogP contribution is -2.30. The molecule has 0 saturated carbocycles. The smallest absolute Gasteiger partial charge is 0.306 e.